The van der Waals surface area contributed by atoms with Gasteiger partial charge in [0.15, 0.2) is 18.0 Å². The summed E-state index contributed by atoms with van der Waals surface area (Å²) in [5.41, 5.74) is -6.44. The predicted molar refractivity (Wildman–Crippen MR) is 176 cm³/mol. The number of ether oxygens (including phenoxy) is 2. The van der Waals surface area contributed by atoms with Gasteiger partial charge in [0.25, 0.3) is 5.56 Å². The highest BCUT2D eigenvalue weighted by atomic mass is 31.2. The molecular weight excluding hydrogens is 668 g/mol. The molecule has 3 aliphatic heterocycles. The molecular formula is C30H46B2FN2O13P. The van der Waals surface area contributed by atoms with Crippen LogP contribution in [0.3, 0.4) is 0 Å². The Balaban J connectivity index is 1.49. The van der Waals surface area contributed by atoms with Crippen LogP contribution in [0.5, 0.6) is 0 Å². The van der Waals surface area contributed by atoms with Gasteiger partial charge in [-0.2, -0.15) is 0 Å². The maximum atomic E-state index is 16.2. The Kier molecular flexibility index (Phi) is 11.5. The normalized spacial score (nSPS) is 29.0. The van der Waals surface area contributed by atoms with E-state index in [1.165, 1.54) is 12.2 Å². The third-order valence-electron chi connectivity index (χ3n) is 9.26. The van der Waals surface area contributed by atoms with Crippen LogP contribution in [0.15, 0.2) is 46.0 Å². The molecule has 4 atom stereocenters. The number of hydrogen-bond donors (Lipinski definition) is 1. The van der Waals surface area contributed by atoms with Crippen molar-refractivity contribution in [3.63, 3.8) is 0 Å². The lowest BCUT2D eigenvalue weighted by Crippen LogP contribution is -2.45. The summed E-state index contributed by atoms with van der Waals surface area (Å²) in [5.74, 6) is 2.35. The molecule has 0 aliphatic carbocycles. The predicted octanol–water partition coefficient (Wildman–Crippen LogP) is 3.63. The molecule has 0 amide bonds. The summed E-state index contributed by atoms with van der Waals surface area (Å²) in [5, 5.41) is 0. The minimum Gasteiger partial charge on any atom is -0.456 e. The topological polar surface area (TPSA) is 172 Å². The van der Waals surface area contributed by atoms with E-state index in [4.69, 9.17) is 41.7 Å². The molecule has 0 radical (unpaired) electrons. The molecule has 3 saturated heterocycles. The van der Waals surface area contributed by atoms with Crippen LogP contribution >= 0.6 is 7.82 Å². The zero-order chi connectivity index (χ0) is 36.6. The average Bonchev–Trinajstić information content (AvgIpc) is 3.42. The van der Waals surface area contributed by atoms with Crippen LogP contribution in [-0.4, -0.2) is 89.9 Å². The van der Waals surface area contributed by atoms with Crippen LogP contribution in [0, 0.1) is 0 Å². The highest BCUT2D eigenvalue weighted by Gasteiger charge is 2.58. The zero-order valence-corrected chi connectivity index (χ0v) is 30.4. The molecule has 49 heavy (non-hydrogen) atoms. The van der Waals surface area contributed by atoms with E-state index in [0.717, 1.165) is 30.7 Å². The van der Waals surface area contributed by atoms with Crippen molar-refractivity contribution in [3.05, 3.63) is 57.2 Å². The fraction of sp³-hybridized carbons (Fsp3) is 0.700. The maximum absolute atomic E-state index is 16.2. The standard InChI is InChI=1S/C30H46B2FN2O13P/c1-20(36)43-23-21(44-24(30(23,10)33)35-16-13-22(37)34-25(35)38)19-42-49(39,40-17-11-14-31-45-26(2,3)27(4,5)46-31)41-18-12-15-32-47-28(6,7)29(8,9)48-32/h11-16,21,23-24H,17-19H2,1-10H3,(H,34,37,38)/b14-11+,15-12+/t21-,23-,24-,30-/m1/s1. The molecule has 15 nitrogen and oxygen atoms in total. The molecule has 3 fully saturated rings. The van der Waals surface area contributed by atoms with Crippen molar-refractivity contribution >= 4 is 28.0 Å². The van der Waals surface area contributed by atoms with Crippen LogP contribution in [0.25, 0.3) is 0 Å². The van der Waals surface area contributed by atoms with Crippen LogP contribution in [-0.2, 0) is 51.0 Å². The summed E-state index contributed by atoms with van der Waals surface area (Å²) in [6.07, 6.45) is -0.563. The van der Waals surface area contributed by atoms with Crippen molar-refractivity contribution in [1.82, 2.24) is 9.55 Å². The number of carbonyl (C=O) groups excluding carboxylic acids is 1. The Bertz CT molecular complexity index is 1510. The third-order valence-corrected chi connectivity index (χ3v) is 10.7. The minimum absolute atomic E-state index is 0.266. The second kappa shape index (κ2) is 14.3. The Labute approximate surface area is 285 Å². The van der Waals surface area contributed by atoms with Crippen molar-refractivity contribution in [2.75, 3.05) is 19.8 Å². The van der Waals surface area contributed by atoms with E-state index < -0.39 is 92.4 Å². The fourth-order valence-corrected chi connectivity index (χ4v) is 6.22. The molecule has 4 heterocycles. The van der Waals surface area contributed by atoms with E-state index in [1.807, 2.05) is 60.4 Å². The number of nitrogens with zero attached hydrogens (tertiary/aromatic N) is 1. The number of aromatic nitrogens is 2. The van der Waals surface area contributed by atoms with Gasteiger partial charge in [0.05, 0.1) is 42.2 Å². The van der Waals surface area contributed by atoms with Crippen molar-refractivity contribution in [2.45, 2.75) is 116 Å². The lowest BCUT2D eigenvalue weighted by molar-refractivity contribution is -0.155. The van der Waals surface area contributed by atoms with Crippen LogP contribution in [0.4, 0.5) is 4.39 Å². The Morgan fingerprint density at radius 1 is 0.898 bits per heavy atom. The summed E-state index contributed by atoms with van der Waals surface area (Å²) >= 11 is 0. The summed E-state index contributed by atoms with van der Waals surface area (Å²) in [4.78, 5) is 38.1. The molecule has 4 rings (SSSR count). The van der Waals surface area contributed by atoms with Crippen LogP contribution < -0.4 is 11.2 Å². The number of hydrogen-bond acceptors (Lipinski definition) is 13. The number of alkyl halides is 1. The molecule has 3 aliphatic rings. The lowest BCUT2D eigenvalue weighted by Gasteiger charge is -2.32. The van der Waals surface area contributed by atoms with E-state index in [2.05, 4.69) is 0 Å². The first-order chi connectivity index (χ1) is 22.5. The van der Waals surface area contributed by atoms with Gasteiger partial charge in [0, 0.05) is 19.2 Å². The SMILES string of the molecule is CC(=O)O[C@@H]1[C@@H](COP(=O)(OC/C=C/B2OC(C)(C)C(C)(C)O2)OC/C=C/B2OC(C)(C)C(C)(C)O2)O[C@@H](n2ccc(=O)[nH]c2=O)[C@]1(C)F. The van der Waals surface area contributed by atoms with Crippen molar-refractivity contribution in [3.8, 4) is 0 Å². The molecule has 0 aromatic carbocycles. The Morgan fingerprint density at radius 2 is 1.37 bits per heavy atom. The van der Waals surface area contributed by atoms with E-state index in [1.54, 1.807) is 12.0 Å². The molecule has 0 bridgehead atoms. The number of phosphoric acid groups is 1. The molecule has 0 unspecified atom stereocenters. The molecule has 272 valence electrons. The average molecular weight is 714 g/mol. The fourth-order valence-electron chi connectivity index (χ4n) is 5.13. The molecule has 1 aromatic rings. The van der Waals surface area contributed by atoms with Crippen LogP contribution in [0.1, 0.15) is 75.5 Å². The Morgan fingerprint density at radius 3 is 1.80 bits per heavy atom. The first kappa shape index (κ1) is 39.4. The number of halogens is 1. The van der Waals surface area contributed by atoms with E-state index >= 15 is 4.39 Å². The van der Waals surface area contributed by atoms with Gasteiger partial charge in [0.2, 0.25) is 0 Å². The van der Waals surface area contributed by atoms with E-state index in [-0.39, 0.29) is 13.2 Å². The molecule has 19 heteroatoms. The maximum Gasteiger partial charge on any atom is 0.486 e. The summed E-state index contributed by atoms with van der Waals surface area (Å²) in [6.45, 7) is 16.2. The van der Waals surface area contributed by atoms with Gasteiger partial charge < -0.3 is 28.1 Å². The zero-order valence-electron chi connectivity index (χ0n) is 29.6. The van der Waals surface area contributed by atoms with E-state index in [9.17, 15) is 18.9 Å². The molecule has 1 N–H and O–H groups in total. The second-order valence-corrected chi connectivity index (χ2v) is 15.8. The Hall–Kier alpha value is -2.40. The minimum atomic E-state index is -4.43. The largest absolute Gasteiger partial charge is 0.486 e. The van der Waals surface area contributed by atoms with Gasteiger partial charge in [-0.1, -0.05) is 24.1 Å². The summed E-state index contributed by atoms with van der Waals surface area (Å²) in [6, 6.07) is 1.01. The summed E-state index contributed by atoms with van der Waals surface area (Å²) < 4.78 is 82.4. The van der Waals surface area contributed by atoms with Crippen molar-refractivity contribution < 1.29 is 55.4 Å². The molecule has 0 spiro atoms. The van der Waals surface area contributed by atoms with Gasteiger partial charge >= 0.3 is 33.7 Å². The van der Waals surface area contributed by atoms with Crippen molar-refractivity contribution in [1.29, 1.82) is 0 Å². The number of aromatic amines is 1. The second-order valence-electron chi connectivity index (χ2n) is 14.2. The number of nitrogens with one attached hydrogen (secondary N) is 1. The van der Waals surface area contributed by atoms with E-state index in [0.29, 0.717) is 0 Å². The third kappa shape index (κ3) is 8.92. The van der Waals surface area contributed by atoms with Crippen LogP contribution in [0.2, 0.25) is 0 Å². The highest BCUT2D eigenvalue weighted by Crippen LogP contribution is 2.51. The number of esters is 1. The monoisotopic (exact) mass is 714 g/mol. The van der Waals surface area contributed by atoms with Gasteiger partial charge in [-0.3, -0.25) is 32.7 Å². The van der Waals surface area contributed by atoms with Gasteiger partial charge in [-0.15, -0.1) is 0 Å². The molecule has 0 saturated carbocycles. The van der Waals surface area contributed by atoms with Gasteiger partial charge in [-0.25, -0.2) is 13.8 Å². The van der Waals surface area contributed by atoms with Crippen molar-refractivity contribution in [2.24, 2.45) is 0 Å². The first-order valence-electron chi connectivity index (χ1n) is 15.9. The first-order valence-corrected chi connectivity index (χ1v) is 17.4. The highest BCUT2D eigenvalue weighted by molar-refractivity contribution is 7.48. The molecule has 1 aromatic heterocycles. The number of rotatable bonds is 13. The smallest absolute Gasteiger partial charge is 0.456 e. The number of phosphoric ester groups is 1. The summed E-state index contributed by atoms with van der Waals surface area (Å²) in [7, 11) is -5.81. The quantitative estimate of drug-likeness (QED) is 0.179. The number of carbonyl (C=O) groups is 1. The lowest BCUT2D eigenvalue weighted by atomic mass is 9.90. The van der Waals surface area contributed by atoms with Gasteiger partial charge in [-0.05, 0) is 62.3 Å². The van der Waals surface area contributed by atoms with Gasteiger partial charge in [0.1, 0.15) is 6.10 Å². The number of H-pyrrole nitrogens is 1.